The first-order chi connectivity index (χ1) is 18.4. The maximum atomic E-state index is 13.2. The fourth-order valence-corrected chi connectivity index (χ4v) is 8.01. The number of piperidine rings is 1. The highest BCUT2D eigenvalue weighted by Crippen LogP contribution is 2.36. The van der Waals surface area contributed by atoms with Gasteiger partial charge in [-0.2, -0.15) is 4.31 Å². The molecule has 1 fully saturated rings. The van der Waals surface area contributed by atoms with Crippen molar-refractivity contribution in [3.8, 4) is 35.0 Å². The van der Waals surface area contributed by atoms with Gasteiger partial charge in [0.05, 0.1) is 17.8 Å². The zero-order valence-electron chi connectivity index (χ0n) is 19.9. The van der Waals surface area contributed by atoms with Gasteiger partial charge in [-0.1, -0.05) is 23.0 Å². The quantitative estimate of drug-likeness (QED) is 0.303. The number of nitrogens with zero attached hydrogens (tertiary/aromatic N) is 6. The van der Waals surface area contributed by atoms with Crippen molar-refractivity contribution in [1.82, 2.24) is 23.7 Å². The Morgan fingerprint density at radius 2 is 2.03 bits per heavy atom. The molecular formula is C25H22N7O3S3+. The van der Waals surface area contributed by atoms with Crippen LogP contribution >= 0.6 is 22.7 Å². The van der Waals surface area contributed by atoms with Crippen LogP contribution in [0.2, 0.25) is 0 Å². The summed E-state index contributed by atoms with van der Waals surface area (Å²) >= 11 is 2.67. The van der Waals surface area contributed by atoms with Crippen LogP contribution in [-0.2, 0) is 10.0 Å². The van der Waals surface area contributed by atoms with Crippen molar-refractivity contribution in [2.24, 2.45) is 0 Å². The van der Waals surface area contributed by atoms with Crippen molar-refractivity contribution in [3.05, 3.63) is 70.5 Å². The number of fused-ring (bicyclic) bond motifs is 1. The maximum absolute atomic E-state index is 13.2. The summed E-state index contributed by atoms with van der Waals surface area (Å²) in [4.78, 5) is 18.8. The lowest BCUT2D eigenvalue weighted by Crippen LogP contribution is -2.52. The van der Waals surface area contributed by atoms with Crippen LogP contribution in [0.25, 0.3) is 32.5 Å². The molecule has 4 aromatic heterocycles. The number of nitrogens with one attached hydrogen (secondary N) is 1. The topological polar surface area (TPSA) is 117 Å². The third-order valence-electron chi connectivity index (χ3n) is 6.40. The minimum Gasteiger partial charge on any atom is -0.508 e. The fraction of sp³-hybridized carbons (Fsp3) is 0.200. The Kier molecular flexibility index (Phi) is 6.11. The molecular weight excluding hydrogens is 543 g/mol. The molecule has 1 aliphatic heterocycles. The fourth-order valence-electron chi connectivity index (χ4n) is 4.62. The summed E-state index contributed by atoms with van der Waals surface area (Å²) < 4.78 is 30.0. The molecule has 6 rings (SSSR count). The number of hydrogen-bond acceptors (Lipinski definition) is 9. The Morgan fingerprint density at radius 1 is 1.13 bits per heavy atom. The number of aromatic nitrogens is 4. The van der Waals surface area contributed by atoms with E-state index in [1.165, 1.54) is 27.0 Å². The number of imidazole rings is 1. The van der Waals surface area contributed by atoms with E-state index >= 15 is 0 Å². The molecule has 1 saturated heterocycles. The van der Waals surface area contributed by atoms with Crippen LogP contribution in [0.15, 0.2) is 69.8 Å². The second-order valence-corrected chi connectivity index (χ2v) is 12.8. The highest BCUT2D eigenvalue weighted by atomic mass is 32.2. The summed E-state index contributed by atoms with van der Waals surface area (Å²) in [7, 11) is -3.67. The summed E-state index contributed by atoms with van der Waals surface area (Å²) in [6, 6.07) is 12.0. The molecule has 0 spiro atoms. The molecule has 0 amide bonds. The zero-order chi connectivity index (χ0) is 26.3. The average molecular weight is 565 g/mol. The number of anilines is 1. The summed E-state index contributed by atoms with van der Waals surface area (Å²) in [6.45, 7) is 6.29. The van der Waals surface area contributed by atoms with Crippen molar-refractivity contribution in [2.75, 3.05) is 18.4 Å². The summed E-state index contributed by atoms with van der Waals surface area (Å²) in [5.41, 5.74) is 1.66. The van der Waals surface area contributed by atoms with Crippen LogP contribution in [-0.4, -0.2) is 55.9 Å². The molecule has 1 aromatic carbocycles. The second-order valence-electron chi connectivity index (χ2n) is 8.84. The van der Waals surface area contributed by atoms with E-state index in [0.717, 1.165) is 16.2 Å². The van der Waals surface area contributed by atoms with Crippen LogP contribution in [0.1, 0.15) is 12.8 Å². The van der Waals surface area contributed by atoms with Gasteiger partial charge in [0.15, 0.2) is 4.96 Å². The van der Waals surface area contributed by atoms with Gasteiger partial charge in [-0.15, -0.1) is 22.7 Å². The monoisotopic (exact) mass is 564 g/mol. The molecule has 0 saturated carbocycles. The first-order valence-electron chi connectivity index (χ1n) is 11.7. The van der Waals surface area contributed by atoms with Gasteiger partial charge in [0.1, 0.15) is 22.2 Å². The third-order valence-corrected chi connectivity index (χ3v) is 10.4. The van der Waals surface area contributed by atoms with Gasteiger partial charge in [0.25, 0.3) is 16.6 Å². The van der Waals surface area contributed by atoms with Crippen molar-refractivity contribution in [2.45, 2.75) is 22.7 Å². The lowest BCUT2D eigenvalue weighted by atomic mass is 10.0. The van der Waals surface area contributed by atoms with Crippen LogP contribution in [0.5, 0.6) is 5.75 Å². The van der Waals surface area contributed by atoms with Gasteiger partial charge in [-0.25, -0.2) is 23.4 Å². The van der Waals surface area contributed by atoms with E-state index < -0.39 is 15.7 Å². The first kappa shape index (κ1) is 24.5. The molecule has 0 bridgehead atoms. The molecule has 1 atom stereocenters. The summed E-state index contributed by atoms with van der Waals surface area (Å²) in [5.74, 6) is 0.403. The zero-order valence-corrected chi connectivity index (χ0v) is 22.4. The first-order valence-corrected chi connectivity index (χ1v) is 14.9. The number of sulfonamides is 1. The number of aromatic hydroxyl groups is 1. The van der Waals surface area contributed by atoms with Gasteiger partial charge in [0.2, 0.25) is 5.95 Å². The number of benzene rings is 1. The van der Waals surface area contributed by atoms with E-state index in [2.05, 4.69) is 15.1 Å². The van der Waals surface area contributed by atoms with E-state index in [1.807, 2.05) is 22.0 Å². The smallest absolute Gasteiger partial charge is 0.369 e. The molecule has 5 aromatic rings. The van der Waals surface area contributed by atoms with Crippen LogP contribution in [0.3, 0.4) is 0 Å². The van der Waals surface area contributed by atoms with Gasteiger partial charge < -0.3 is 5.11 Å². The van der Waals surface area contributed by atoms with Gasteiger partial charge in [0, 0.05) is 29.9 Å². The minimum atomic E-state index is -3.67. The molecule has 0 aliphatic carbocycles. The Morgan fingerprint density at radius 3 is 2.82 bits per heavy atom. The highest BCUT2D eigenvalue weighted by Gasteiger charge is 2.49. The Hall–Kier alpha value is -3.83. The molecule has 192 valence electrons. The summed E-state index contributed by atoms with van der Waals surface area (Å²) in [5, 5.41) is 16.9. The largest absolute Gasteiger partial charge is 0.508 e. The maximum Gasteiger partial charge on any atom is 0.369 e. The SMILES string of the molecule is C#[N+][C@@]1(Nc2nccc(-c3c(-c4cccc(O)c4)nc4sccn34)n2)CCCN(S(=O)(=O)c2cccs2)C1. The van der Waals surface area contributed by atoms with Gasteiger partial charge in [-0.05, 0) is 36.1 Å². The van der Waals surface area contributed by atoms with Gasteiger partial charge >= 0.3 is 5.66 Å². The Balaban J connectivity index is 1.36. The predicted molar refractivity (Wildman–Crippen MR) is 148 cm³/mol. The molecule has 0 radical (unpaired) electrons. The molecule has 5 heterocycles. The molecule has 13 heteroatoms. The van der Waals surface area contributed by atoms with E-state index in [1.54, 1.807) is 48.0 Å². The highest BCUT2D eigenvalue weighted by molar-refractivity contribution is 7.91. The van der Waals surface area contributed by atoms with Gasteiger partial charge in [-0.3, -0.25) is 9.72 Å². The molecule has 1 aliphatic rings. The second kappa shape index (κ2) is 9.48. The van der Waals surface area contributed by atoms with Crippen LogP contribution in [0.4, 0.5) is 5.95 Å². The molecule has 2 N–H and O–H groups in total. The summed E-state index contributed by atoms with van der Waals surface area (Å²) in [6.07, 6.45) is 4.62. The lowest BCUT2D eigenvalue weighted by molar-refractivity contribution is 0.281. The molecule has 38 heavy (non-hydrogen) atoms. The average Bonchev–Trinajstić information content (AvgIpc) is 3.67. The van der Waals surface area contributed by atoms with Crippen molar-refractivity contribution in [1.29, 1.82) is 0 Å². The van der Waals surface area contributed by atoms with E-state index in [4.69, 9.17) is 16.5 Å². The van der Waals surface area contributed by atoms with E-state index in [-0.39, 0.29) is 22.5 Å². The van der Waals surface area contributed by atoms with Crippen molar-refractivity contribution in [3.63, 3.8) is 0 Å². The number of phenols is 1. The normalized spacial score (nSPS) is 18.4. The number of phenolic OH excluding ortho intramolecular Hbond substituents is 1. The number of thiophene rings is 1. The Labute approximate surface area is 226 Å². The van der Waals surface area contributed by atoms with E-state index in [0.29, 0.717) is 30.8 Å². The molecule has 0 unspecified atom stereocenters. The number of hydrogen-bond donors (Lipinski definition) is 2. The standard InChI is InChI=1S/C25H21N7O3S3/c1-26-25(9-4-11-31(16-25)38(34,35)20-7-3-13-36-20)30-23-27-10-8-19(28-23)22-21(17-5-2-6-18(33)15-17)29-24-32(22)12-14-37-24/h1-3,5-8,10,12-15H,4,9,11,16H2,(H-,27,28,30,33)/p+1/t25-/m1/s1. The molecule has 10 nitrogen and oxygen atoms in total. The predicted octanol–water partition coefficient (Wildman–Crippen LogP) is 4.84. The van der Waals surface area contributed by atoms with Crippen LogP contribution < -0.4 is 5.32 Å². The third kappa shape index (κ3) is 4.31. The lowest BCUT2D eigenvalue weighted by Gasteiger charge is -2.31. The van der Waals surface area contributed by atoms with Crippen molar-refractivity contribution >= 4 is 43.6 Å². The number of thiazole rings is 1. The van der Waals surface area contributed by atoms with Crippen molar-refractivity contribution < 1.29 is 13.5 Å². The minimum absolute atomic E-state index is 0.0489. The number of rotatable bonds is 6. The van der Waals surface area contributed by atoms with E-state index in [9.17, 15) is 13.5 Å². The Bertz CT molecular complexity index is 1770. The van der Waals surface area contributed by atoms with Crippen LogP contribution in [0, 0.1) is 6.57 Å².